The molecule has 1 saturated carbocycles. The van der Waals surface area contributed by atoms with Gasteiger partial charge in [0, 0.05) is 17.6 Å². The van der Waals surface area contributed by atoms with E-state index in [-0.39, 0.29) is 6.04 Å². The molecule has 1 aromatic carbocycles. The van der Waals surface area contributed by atoms with E-state index in [1.165, 1.54) is 25.7 Å². The Bertz CT molecular complexity index is 417. The number of aromatic hydroxyl groups is 1. The van der Waals surface area contributed by atoms with Crippen molar-refractivity contribution in [1.82, 2.24) is 4.90 Å². The fraction of sp³-hybridized carbons (Fsp3) is 0.647. The molecule has 0 saturated heterocycles. The van der Waals surface area contributed by atoms with Crippen molar-refractivity contribution < 1.29 is 5.11 Å². The van der Waals surface area contributed by atoms with Crippen LogP contribution in [-0.4, -0.2) is 23.1 Å². The average molecular weight is 261 g/mol. The van der Waals surface area contributed by atoms with Gasteiger partial charge in [-0.2, -0.15) is 0 Å². The topological polar surface area (TPSA) is 23.5 Å². The summed E-state index contributed by atoms with van der Waals surface area (Å²) >= 11 is 0. The van der Waals surface area contributed by atoms with Crippen LogP contribution in [0.1, 0.15) is 58.1 Å². The van der Waals surface area contributed by atoms with Gasteiger partial charge in [0.05, 0.1) is 0 Å². The lowest BCUT2D eigenvalue weighted by atomic mass is 9.75. The fourth-order valence-corrected chi connectivity index (χ4v) is 3.17. The molecule has 1 aliphatic rings. The van der Waals surface area contributed by atoms with Gasteiger partial charge in [-0.1, -0.05) is 32.0 Å². The number of phenols is 1. The van der Waals surface area contributed by atoms with Crippen LogP contribution >= 0.6 is 0 Å². The molecule has 1 aliphatic carbocycles. The monoisotopic (exact) mass is 261 g/mol. The third-order valence-corrected chi connectivity index (χ3v) is 4.88. The lowest BCUT2D eigenvalue weighted by molar-refractivity contribution is 0.0993. The highest BCUT2D eigenvalue weighted by Gasteiger charge is 2.31. The molecular formula is C17H27NO. The van der Waals surface area contributed by atoms with Gasteiger partial charge in [0.15, 0.2) is 0 Å². The summed E-state index contributed by atoms with van der Waals surface area (Å²) < 4.78 is 0. The molecule has 0 spiro atoms. The van der Waals surface area contributed by atoms with E-state index in [0.29, 0.717) is 17.2 Å². The highest BCUT2D eigenvalue weighted by atomic mass is 16.3. The normalized spacial score (nSPS) is 21.5. The SMILES string of the molecule is CC(c1ccccc1O)N(C)C1CCC(C)(C)CC1. The fourth-order valence-electron chi connectivity index (χ4n) is 3.17. The van der Waals surface area contributed by atoms with Crippen LogP contribution in [0.2, 0.25) is 0 Å². The molecule has 0 heterocycles. The first kappa shape index (κ1) is 14.4. The van der Waals surface area contributed by atoms with Gasteiger partial charge in [-0.05, 0) is 51.1 Å². The Morgan fingerprint density at radius 2 is 1.79 bits per heavy atom. The van der Waals surface area contributed by atoms with Crippen molar-refractivity contribution in [3.8, 4) is 5.75 Å². The Kier molecular flexibility index (Phi) is 4.19. The number of hydrogen-bond acceptors (Lipinski definition) is 2. The van der Waals surface area contributed by atoms with Crippen LogP contribution in [0.3, 0.4) is 0 Å². The number of benzene rings is 1. The summed E-state index contributed by atoms with van der Waals surface area (Å²) in [6.45, 7) is 6.93. The molecule has 2 nitrogen and oxygen atoms in total. The second-order valence-corrected chi connectivity index (χ2v) is 6.80. The molecule has 19 heavy (non-hydrogen) atoms. The van der Waals surface area contributed by atoms with Gasteiger partial charge in [-0.25, -0.2) is 0 Å². The van der Waals surface area contributed by atoms with Crippen molar-refractivity contribution in [2.45, 2.75) is 58.5 Å². The molecule has 0 aliphatic heterocycles. The van der Waals surface area contributed by atoms with Crippen LogP contribution in [0.15, 0.2) is 24.3 Å². The quantitative estimate of drug-likeness (QED) is 0.874. The van der Waals surface area contributed by atoms with Crippen LogP contribution in [-0.2, 0) is 0 Å². The average Bonchev–Trinajstić information content (AvgIpc) is 2.38. The maximum Gasteiger partial charge on any atom is 0.120 e. The molecule has 1 fully saturated rings. The first-order valence-corrected chi connectivity index (χ1v) is 7.40. The Morgan fingerprint density at radius 3 is 2.37 bits per heavy atom. The van der Waals surface area contributed by atoms with Crippen LogP contribution < -0.4 is 0 Å². The summed E-state index contributed by atoms with van der Waals surface area (Å²) in [6, 6.07) is 8.61. The molecule has 1 N–H and O–H groups in total. The summed E-state index contributed by atoms with van der Waals surface area (Å²) in [7, 11) is 2.19. The summed E-state index contributed by atoms with van der Waals surface area (Å²) in [5.74, 6) is 0.415. The summed E-state index contributed by atoms with van der Waals surface area (Å²) in [5, 5.41) is 9.98. The van der Waals surface area contributed by atoms with Gasteiger partial charge in [-0.3, -0.25) is 4.90 Å². The largest absolute Gasteiger partial charge is 0.508 e. The second-order valence-electron chi connectivity index (χ2n) is 6.80. The van der Waals surface area contributed by atoms with Gasteiger partial charge in [0.2, 0.25) is 0 Å². The van der Waals surface area contributed by atoms with Crippen molar-refractivity contribution in [3.05, 3.63) is 29.8 Å². The van der Waals surface area contributed by atoms with E-state index in [4.69, 9.17) is 0 Å². The third-order valence-electron chi connectivity index (χ3n) is 4.88. The second kappa shape index (κ2) is 5.54. The minimum atomic E-state index is 0.271. The van der Waals surface area contributed by atoms with Crippen molar-refractivity contribution in [2.75, 3.05) is 7.05 Å². The van der Waals surface area contributed by atoms with Gasteiger partial charge in [-0.15, -0.1) is 0 Å². The molecular weight excluding hydrogens is 234 g/mol. The molecule has 1 aromatic rings. The zero-order valence-corrected chi connectivity index (χ0v) is 12.7. The van der Waals surface area contributed by atoms with E-state index in [1.54, 1.807) is 6.07 Å². The van der Waals surface area contributed by atoms with Gasteiger partial charge < -0.3 is 5.11 Å². The maximum atomic E-state index is 9.98. The molecule has 1 atom stereocenters. The molecule has 1 unspecified atom stereocenters. The van der Waals surface area contributed by atoms with Crippen LogP contribution in [0.4, 0.5) is 0 Å². The highest BCUT2D eigenvalue weighted by Crippen LogP contribution is 2.39. The number of phenolic OH excluding ortho intramolecular Hbond substituents is 1. The number of rotatable bonds is 3. The van der Waals surface area contributed by atoms with Crippen molar-refractivity contribution >= 4 is 0 Å². The smallest absolute Gasteiger partial charge is 0.120 e. The lowest BCUT2D eigenvalue weighted by Crippen LogP contribution is -2.38. The molecule has 0 bridgehead atoms. The van der Waals surface area contributed by atoms with Gasteiger partial charge >= 0.3 is 0 Å². The number of para-hydroxylation sites is 1. The summed E-state index contributed by atoms with van der Waals surface area (Å²) in [5.41, 5.74) is 1.55. The van der Waals surface area contributed by atoms with Crippen LogP contribution in [0, 0.1) is 5.41 Å². The van der Waals surface area contributed by atoms with E-state index >= 15 is 0 Å². The van der Waals surface area contributed by atoms with E-state index in [1.807, 2.05) is 18.2 Å². The summed E-state index contributed by atoms with van der Waals surface area (Å²) in [4.78, 5) is 2.43. The zero-order valence-electron chi connectivity index (χ0n) is 12.7. The first-order valence-electron chi connectivity index (χ1n) is 7.40. The van der Waals surface area contributed by atoms with Crippen LogP contribution in [0.5, 0.6) is 5.75 Å². The molecule has 0 amide bonds. The minimum absolute atomic E-state index is 0.271. The molecule has 2 rings (SSSR count). The predicted molar refractivity (Wildman–Crippen MR) is 80.3 cm³/mol. The van der Waals surface area contributed by atoms with Crippen LogP contribution in [0.25, 0.3) is 0 Å². The maximum absolute atomic E-state index is 9.98. The van der Waals surface area contributed by atoms with Gasteiger partial charge in [0.1, 0.15) is 5.75 Å². The van der Waals surface area contributed by atoms with E-state index in [9.17, 15) is 5.11 Å². The molecule has 0 aromatic heterocycles. The van der Waals surface area contributed by atoms with E-state index in [2.05, 4.69) is 32.7 Å². The Hall–Kier alpha value is -1.02. The van der Waals surface area contributed by atoms with Crippen molar-refractivity contribution in [1.29, 1.82) is 0 Å². The Morgan fingerprint density at radius 1 is 1.21 bits per heavy atom. The minimum Gasteiger partial charge on any atom is -0.508 e. The Balaban J connectivity index is 2.04. The summed E-state index contributed by atoms with van der Waals surface area (Å²) in [6.07, 6.45) is 5.13. The van der Waals surface area contributed by atoms with Gasteiger partial charge in [0.25, 0.3) is 0 Å². The molecule has 106 valence electrons. The van der Waals surface area contributed by atoms with Crippen molar-refractivity contribution in [3.63, 3.8) is 0 Å². The number of hydrogen-bond donors (Lipinski definition) is 1. The first-order chi connectivity index (χ1) is 8.91. The predicted octanol–water partition coefficient (Wildman–Crippen LogP) is 4.35. The third kappa shape index (κ3) is 3.30. The molecule has 2 heteroatoms. The zero-order chi connectivity index (χ0) is 14.0. The molecule has 0 radical (unpaired) electrons. The number of nitrogens with zero attached hydrogens (tertiary/aromatic N) is 1. The van der Waals surface area contributed by atoms with Crippen molar-refractivity contribution in [2.24, 2.45) is 5.41 Å². The lowest BCUT2D eigenvalue weighted by Gasteiger charge is -2.41. The highest BCUT2D eigenvalue weighted by molar-refractivity contribution is 5.34. The van der Waals surface area contributed by atoms with E-state index < -0.39 is 0 Å². The Labute approximate surface area is 117 Å². The standard InChI is InChI=1S/C17H27NO/c1-13(15-7-5-6-8-16(15)19)18(4)14-9-11-17(2,3)12-10-14/h5-8,13-14,19H,9-12H2,1-4H3. The van der Waals surface area contributed by atoms with E-state index in [0.717, 1.165) is 5.56 Å².